The summed E-state index contributed by atoms with van der Waals surface area (Å²) in [6, 6.07) is 22.9. The zero-order chi connectivity index (χ0) is 20.1. The number of benzene rings is 2. The molecule has 29 heavy (non-hydrogen) atoms. The van der Waals surface area contributed by atoms with Gasteiger partial charge in [-0.2, -0.15) is 0 Å². The number of nitrogens with zero attached hydrogens (tertiary/aromatic N) is 2. The fourth-order valence-corrected chi connectivity index (χ4v) is 3.71. The van der Waals surface area contributed by atoms with Crippen LogP contribution in [-0.4, -0.2) is 15.9 Å². The molecule has 2 heterocycles. The van der Waals surface area contributed by atoms with E-state index in [1.165, 1.54) is 11.3 Å². The van der Waals surface area contributed by atoms with Crippen LogP contribution < -0.4 is 5.32 Å². The van der Waals surface area contributed by atoms with Crippen molar-refractivity contribution in [1.82, 2.24) is 9.97 Å². The molecule has 1 N–H and O–H groups in total. The second-order valence-corrected chi connectivity index (χ2v) is 7.30. The minimum atomic E-state index is -0.169. The maximum atomic E-state index is 12.8. The Kier molecular flexibility index (Phi) is 5.46. The van der Waals surface area contributed by atoms with Crippen molar-refractivity contribution in [3.63, 3.8) is 0 Å². The van der Waals surface area contributed by atoms with Gasteiger partial charge in [0, 0.05) is 23.0 Å². The van der Waals surface area contributed by atoms with E-state index in [-0.39, 0.29) is 5.91 Å². The summed E-state index contributed by atoms with van der Waals surface area (Å²) >= 11 is 1.39. The van der Waals surface area contributed by atoms with Gasteiger partial charge in [0.25, 0.3) is 5.91 Å². The standard InChI is InChI=1S/C24H17N3OS/c1-17-22(29-24(26-17)19-9-3-2-4-10-19)23(28)27-21-12-7-8-18(16-21)13-14-20-11-5-6-15-25-20/h2-12,15-16H,1H3,(H,27,28). The van der Waals surface area contributed by atoms with Crippen molar-refractivity contribution in [3.05, 3.63) is 101 Å². The Morgan fingerprint density at radius 2 is 1.79 bits per heavy atom. The van der Waals surface area contributed by atoms with Gasteiger partial charge in [-0.05, 0) is 43.2 Å². The molecule has 0 aliphatic heterocycles. The van der Waals surface area contributed by atoms with Crippen LogP contribution in [0.25, 0.3) is 10.6 Å². The molecule has 0 fully saturated rings. The summed E-state index contributed by atoms with van der Waals surface area (Å²) in [5.41, 5.74) is 3.93. The van der Waals surface area contributed by atoms with Crippen molar-refractivity contribution in [1.29, 1.82) is 0 Å². The largest absolute Gasteiger partial charge is 0.321 e. The molecule has 4 nitrogen and oxygen atoms in total. The van der Waals surface area contributed by atoms with Crippen LogP contribution in [0.1, 0.15) is 26.6 Å². The van der Waals surface area contributed by atoms with Crippen LogP contribution in [0.15, 0.2) is 79.0 Å². The highest BCUT2D eigenvalue weighted by Crippen LogP contribution is 2.28. The molecule has 1 amide bonds. The fourth-order valence-electron chi connectivity index (χ4n) is 2.75. The summed E-state index contributed by atoms with van der Waals surface area (Å²) < 4.78 is 0. The van der Waals surface area contributed by atoms with E-state index < -0.39 is 0 Å². The molecule has 4 aromatic rings. The Hall–Kier alpha value is -3.75. The number of aryl methyl sites for hydroxylation is 1. The minimum Gasteiger partial charge on any atom is -0.321 e. The van der Waals surface area contributed by atoms with Crippen LogP contribution in [-0.2, 0) is 0 Å². The normalized spacial score (nSPS) is 10.1. The summed E-state index contributed by atoms with van der Waals surface area (Å²) in [4.78, 5) is 22.1. The molecule has 140 valence electrons. The third kappa shape index (κ3) is 4.57. The van der Waals surface area contributed by atoms with Crippen LogP contribution in [0.3, 0.4) is 0 Å². The van der Waals surface area contributed by atoms with Gasteiger partial charge in [0.2, 0.25) is 0 Å². The molecule has 0 saturated carbocycles. The molecule has 0 aliphatic rings. The Morgan fingerprint density at radius 3 is 2.59 bits per heavy atom. The van der Waals surface area contributed by atoms with Crippen molar-refractivity contribution >= 4 is 22.9 Å². The third-order valence-electron chi connectivity index (χ3n) is 4.14. The van der Waals surface area contributed by atoms with Gasteiger partial charge in [-0.15, -0.1) is 11.3 Å². The molecule has 4 rings (SSSR count). The number of thiazole rings is 1. The van der Waals surface area contributed by atoms with Crippen molar-refractivity contribution in [3.8, 4) is 22.4 Å². The maximum absolute atomic E-state index is 12.8. The molecule has 0 bridgehead atoms. The SMILES string of the molecule is Cc1nc(-c2ccccc2)sc1C(=O)Nc1cccc(C#Cc2ccccn2)c1. The summed E-state index contributed by atoms with van der Waals surface area (Å²) in [6.07, 6.45) is 1.71. The predicted molar refractivity (Wildman–Crippen MR) is 117 cm³/mol. The average molecular weight is 395 g/mol. The first-order valence-corrected chi connectivity index (χ1v) is 9.88. The van der Waals surface area contributed by atoms with Crippen LogP contribution in [0, 0.1) is 18.8 Å². The number of carbonyl (C=O) groups excluding carboxylic acids is 1. The first-order valence-electron chi connectivity index (χ1n) is 9.06. The fraction of sp³-hybridized carbons (Fsp3) is 0.0417. The quantitative estimate of drug-likeness (QED) is 0.487. The second kappa shape index (κ2) is 8.51. The molecule has 5 heteroatoms. The zero-order valence-electron chi connectivity index (χ0n) is 15.7. The molecule has 2 aromatic heterocycles. The van der Waals surface area contributed by atoms with Gasteiger partial charge in [-0.25, -0.2) is 9.97 Å². The highest BCUT2D eigenvalue weighted by atomic mass is 32.1. The van der Waals surface area contributed by atoms with E-state index in [0.717, 1.165) is 21.8 Å². The van der Waals surface area contributed by atoms with E-state index in [1.54, 1.807) is 6.20 Å². The average Bonchev–Trinajstić information content (AvgIpc) is 3.16. The van der Waals surface area contributed by atoms with Gasteiger partial charge >= 0.3 is 0 Å². The second-order valence-electron chi connectivity index (χ2n) is 6.30. The lowest BCUT2D eigenvalue weighted by atomic mass is 10.2. The number of amides is 1. The minimum absolute atomic E-state index is 0.169. The van der Waals surface area contributed by atoms with E-state index >= 15 is 0 Å². The van der Waals surface area contributed by atoms with Crippen molar-refractivity contribution in [2.45, 2.75) is 6.92 Å². The molecule has 0 saturated heterocycles. The zero-order valence-corrected chi connectivity index (χ0v) is 16.5. The van der Waals surface area contributed by atoms with E-state index in [1.807, 2.05) is 79.7 Å². The summed E-state index contributed by atoms with van der Waals surface area (Å²) in [6.45, 7) is 1.85. The summed E-state index contributed by atoms with van der Waals surface area (Å²) in [5.74, 6) is 5.93. The number of pyridine rings is 1. The molecule has 0 aliphatic carbocycles. The molecule has 0 radical (unpaired) electrons. The Labute approximate surface area is 173 Å². The van der Waals surface area contributed by atoms with Gasteiger partial charge in [0.1, 0.15) is 15.6 Å². The van der Waals surface area contributed by atoms with E-state index in [4.69, 9.17) is 0 Å². The number of nitrogens with one attached hydrogen (secondary N) is 1. The van der Waals surface area contributed by atoms with Crippen LogP contribution in [0.2, 0.25) is 0 Å². The highest BCUT2D eigenvalue weighted by molar-refractivity contribution is 7.17. The van der Waals surface area contributed by atoms with Crippen LogP contribution in [0.4, 0.5) is 5.69 Å². The van der Waals surface area contributed by atoms with Crippen LogP contribution in [0.5, 0.6) is 0 Å². The summed E-state index contributed by atoms with van der Waals surface area (Å²) in [5, 5.41) is 3.79. The highest BCUT2D eigenvalue weighted by Gasteiger charge is 2.16. The lowest BCUT2D eigenvalue weighted by Crippen LogP contribution is -2.11. The van der Waals surface area contributed by atoms with Gasteiger partial charge in [0.15, 0.2) is 0 Å². The first kappa shape index (κ1) is 18.6. The molecule has 0 atom stereocenters. The van der Waals surface area contributed by atoms with Crippen LogP contribution >= 0.6 is 11.3 Å². The lowest BCUT2D eigenvalue weighted by molar-refractivity contribution is 0.103. The van der Waals surface area contributed by atoms with Gasteiger partial charge in [-0.3, -0.25) is 4.79 Å². The third-order valence-corrected chi connectivity index (χ3v) is 5.35. The number of carbonyl (C=O) groups is 1. The number of rotatable bonds is 3. The topological polar surface area (TPSA) is 54.9 Å². The Morgan fingerprint density at radius 1 is 0.966 bits per heavy atom. The smallest absolute Gasteiger partial charge is 0.267 e. The molecular formula is C24H17N3OS. The number of aromatic nitrogens is 2. The van der Waals surface area contributed by atoms with E-state index in [9.17, 15) is 4.79 Å². The first-order chi connectivity index (χ1) is 14.2. The lowest BCUT2D eigenvalue weighted by Gasteiger charge is -2.04. The van der Waals surface area contributed by atoms with Gasteiger partial charge < -0.3 is 5.32 Å². The number of anilines is 1. The Balaban J connectivity index is 1.52. The molecular weight excluding hydrogens is 378 g/mol. The molecule has 0 unspecified atom stereocenters. The van der Waals surface area contributed by atoms with Crippen molar-refractivity contribution in [2.24, 2.45) is 0 Å². The summed E-state index contributed by atoms with van der Waals surface area (Å²) in [7, 11) is 0. The number of hydrogen-bond donors (Lipinski definition) is 1. The van der Waals surface area contributed by atoms with Gasteiger partial charge in [0.05, 0.1) is 5.69 Å². The monoisotopic (exact) mass is 395 g/mol. The molecule has 2 aromatic carbocycles. The van der Waals surface area contributed by atoms with E-state index in [2.05, 4.69) is 27.1 Å². The van der Waals surface area contributed by atoms with E-state index in [0.29, 0.717) is 16.3 Å². The van der Waals surface area contributed by atoms with Crippen molar-refractivity contribution < 1.29 is 4.79 Å². The Bertz CT molecular complexity index is 1210. The van der Waals surface area contributed by atoms with Crippen molar-refractivity contribution in [2.75, 3.05) is 5.32 Å². The van der Waals surface area contributed by atoms with Gasteiger partial charge in [-0.1, -0.05) is 48.4 Å². The molecule has 0 spiro atoms. The maximum Gasteiger partial charge on any atom is 0.267 e. The predicted octanol–water partition coefficient (Wildman–Crippen LogP) is 5.17. The number of hydrogen-bond acceptors (Lipinski definition) is 4.